The summed E-state index contributed by atoms with van der Waals surface area (Å²) >= 11 is 0. The van der Waals surface area contributed by atoms with Crippen molar-refractivity contribution in [2.75, 3.05) is 12.4 Å². The van der Waals surface area contributed by atoms with Crippen LogP contribution in [0.3, 0.4) is 0 Å². The van der Waals surface area contributed by atoms with Crippen LogP contribution in [0.15, 0.2) is 24.3 Å². The fourth-order valence-electron chi connectivity index (χ4n) is 2.29. The van der Waals surface area contributed by atoms with Crippen LogP contribution in [0.4, 0.5) is 0 Å². The van der Waals surface area contributed by atoms with E-state index in [4.69, 9.17) is 4.74 Å². The van der Waals surface area contributed by atoms with Crippen LogP contribution in [0.5, 0.6) is 5.75 Å². The Morgan fingerprint density at radius 3 is 2.17 bits per heavy atom. The van der Waals surface area contributed by atoms with Gasteiger partial charge in [0.15, 0.2) is 0 Å². The van der Waals surface area contributed by atoms with E-state index in [0.717, 1.165) is 12.2 Å². The van der Waals surface area contributed by atoms with Crippen LogP contribution >= 0.6 is 0 Å². The summed E-state index contributed by atoms with van der Waals surface area (Å²) < 4.78 is 36.8. The molecule has 0 spiro atoms. The normalized spacial score (nSPS) is 11.0. The standard InChI is InChI=1S/C17H28O4S.Na/c1-2-3-4-5-6-7-9-16-10-12-17(13-11-16)21-14-8-15-22(18,19)20;/h10-13H,2-9,14-15H2,1H3,(H,18,19,20);/q;+1/p-1. The predicted octanol–water partition coefficient (Wildman–Crippen LogP) is 0.908. The van der Waals surface area contributed by atoms with E-state index in [1.165, 1.54) is 44.1 Å². The second-order valence-electron chi connectivity index (χ2n) is 5.63. The van der Waals surface area contributed by atoms with Crippen molar-refractivity contribution < 1.29 is 47.3 Å². The van der Waals surface area contributed by atoms with Gasteiger partial charge in [-0.3, -0.25) is 0 Å². The van der Waals surface area contributed by atoms with Gasteiger partial charge in [-0.15, -0.1) is 0 Å². The molecule has 0 saturated carbocycles. The second-order valence-corrected chi connectivity index (χ2v) is 7.15. The van der Waals surface area contributed by atoms with E-state index in [9.17, 15) is 13.0 Å². The molecule has 0 fully saturated rings. The Balaban J connectivity index is 0.00000484. The third-order valence-electron chi connectivity index (χ3n) is 3.55. The molecule has 126 valence electrons. The van der Waals surface area contributed by atoms with Crippen molar-refractivity contribution in [2.45, 2.75) is 58.3 Å². The maximum absolute atomic E-state index is 10.5. The van der Waals surface area contributed by atoms with Gasteiger partial charge in [0, 0.05) is 5.75 Å². The van der Waals surface area contributed by atoms with Gasteiger partial charge in [0.05, 0.1) is 16.7 Å². The average molecular weight is 350 g/mol. The molecule has 0 heterocycles. The molecule has 0 aromatic heterocycles. The quantitative estimate of drug-likeness (QED) is 0.319. The number of rotatable bonds is 12. The summed E-state index contributed by atoms with van der Waals surface area (Å²) in [6, 6.07) is 7.90. The molecule has 0 unspecified atom stereocenters. The molecule has 0 amide bonds. The van der Waals surface area contributed by atoms with Gasteiger partial charge in [0.2, 0.25) is 0 Å². The third kappa shape index (κ3) is 13.0. The smallest absolute Gasteiger partial charge is 0.748 e. The van der Waals surface area contributed by atoms with Gasteiger partial charge < -0.3 is 9.29 Å². The SMILES string of the molecule is CCCCCCCCc1ccc(OCCCS(=O)(=O)[O-])cc1.[Na+]. The van der Waals surface area contributed by atoms with Gasteiger partial charge in [-0.1, -0.05) is 51.2 Å². The van der Waals surface area contributed by atoms with E-state index in [0.29, 0.717) is 0 Å². The molecule has 0 aliphatic carbocycles. The second kappa shape index (κ2) is 13.2. The number of unbranched alkanes of at least 4 members (excludes halogenated alkanes) is 5. The zero-order chi connectivity index (χ0) is 16.3. The third-order valence-corrected chi connectivity index (χ3v) is 4.34. The molecule has 0 atom stereocenters. The molecular formula is C17H27NaO4S. The molecular weight excluding hydrogens is 323 g/mol. The number of hydrogen-bond acceptors (Lipinski definition) is 4. The Kier molecular flexibility index (Phi) is 13.2. The van der Waals surface area contributed by atoms with Gasteiger partial charge in [-0.05, 0) is 37.0 Å². The topological polar surface area (TPSA) is 66.4 Å². The minimum Gasteiger partial charge on any atom is -0.748 e. The van der Waals surface area contributed by atoms with Crippen LogP contribution in [0.25, 0.3) is 0 Å². The molecule has 23 heavy (non-hydrogen) atoms. The van der Waals surface area contributed by atoms with E-state index < -0.39 is 10.1 Å². The molecule has 1 rings (SSSR count). The Hall–Kier alpha value is -0.0700. The molecule has 0 saturated heterocycles. The van der Waals surface area contributed by atoms with Crippen LogP contribution in [-0.4, -0.2) is 25.3 Å². The fraction of sp³-hybridized carbons (Fsp3) is 0.647. The minimum atomic E-state index is -4.13. The molecule has 4 nitrogen and oxygen atoms in total. The Morgan fingerprint density at radius 1 is 0.957 bits per heavy atom. The minimum absolute atomic E-state index is 0. The number of ether oxygens (including phenoxy) is 1. The van der Waals surface area contributed by atoms with Crippen molar-refractivity contribution in [3.63, 3.8) is 0 Å². The van der Waals surface area contributed by atoms with Crippen LogP contribution in [0.2, 0.25) is 0 Å². The van der Waals surface area contributed by atoms with Crippen molar-refractivity contribution in [1.29, 1.82) is 0 Å². The van der Waals surface area contributed by atoms with Crippen LogP contribution in [-0.2, 0) is 16.5 Å². The van der Waals surface area contributed by atoms with Gasteiger partial charge in [-0.25, -0.2) is 8.42 Å². The summed E-state index contributed by atoms with van der Waals surface area (Å²) in [5.74, 6) is 0.346. The Bertz CT molecular complexity index is 500. The monoisotopic (exact) mass is 350 g/mol. The van der Waals surface area contributed by atoms with Crippen LogP contribution in [0, 0.1) is 0 Å². The van der Waals surface area contributed by atoms with E-state index in [1.807, 2.05) is 24.3 Å². The molecule has 0 aliphatic heterocycles. The van der Waals surface area contributed by atoms with Crippen molar-refractivity contribution in [3.8, 4) is 5.75 Å². The summed E-state index contributed by atoms with van der Waals surface area (Å²) in [6.45, 7) is 2.47. The zero-order valence-corrected chi connectivity index (χ0v) is 17.2. The number of hydrogen-bond donors (Lipinski definition) is 0. The first-order valence-electron chi connectivity index (χ1n) is 8.16. The molecule has 0 aliphatic rings. The van der Waals surface area contributed by atoms with Crippen molar-refractivity contribution >= 4 is 10.1 Å². The zero-order valence-electron chi connectivity index (χ0n) is 14.4. The summed E-state index contributed by atoms with van der Waals surface area (Å²) in [4.78, 5) is 0. The molecule has 1 aromatic rings. The van der Waals surface area contributed by atoms with E-state index in [1.54, 1.807) is 0 Å². The molecule has 0 bridgehead atoms. The maximum atomic E-state index is 10.5. The van der Waals surface area contributed by atoms with Gasteiger partial charge in [-0.2, -0.15) is 0 Å². The average Bonchev–Trinajstić information content (AvgIpc) is 2.48. The van der Waals surface area contributed by atoms with E-state index in [2.05, 4.69) is 6.92 Å². The van der Waals surface area contributed by atoms with Crippen molar-refractivity contribution in [1.82, 2.24) is 0 Å². The summed E-state index contributed by atoms with van der Waals surface area (Å²) in [7, 11) is -4.13. The fourth-order valence-corrected chi connectivity index (χ4v) is 2.76. The summed E-state index contributed by atoms with van der Waals surface area (Å²) in [6.07, 6.45) is 9.07. The first-order valence-corrected chi connectivity index (χ1v) is 9.74. The number of aryl methyl sites for hydroxylation is 1. The molecule has 1 aromatic carbocycles. The maximum Gasteiger partial charge on any atom is 1.00 e. The van der Waals surface area contributed by atoms with Gasteiger partial charge >= 0.3 is 29.6 Å². The molecule has 6 heteroatoms. The van der Waals surface area contributed by atoms with Crippen molar-refractivity contribution in [2.24, 2.45) is 0 Å². The molecule has 0 N–H and O–H groups in total. The largest absolute Gasteiger partial charge is 1.00 e. The van der Waals surface area contributed by atoms with E-state index >= 15 is 0 Å². The van der Waals surface area contributed by atoms with Crippen LogP contribution in [0.1, 0.15) is 57.4 Å². The van der Waals surface area contributed by atoms with E-state index in [-0.39, 0.29) is 48.3 Å². The van der Waals surface area contributed by atoms with Gasteiger partial charge in [0.1, 0.15) is 5.75 Å². The Labute approximate surface area is 163 Å². The van der Waals surface area contributed by atoms with Crippen LogP contribution < -0.4 is 34.3 Å². The molecule has 0 radical (unpaired) electrons. The predicted molar refractivity (Wildman–Crippen MR) is 88.2 cm³/mol. The first kappa shape index (κ1) is 22.9. The van der Waals surface area contributed by atoms with Crippen molar-refractivity contribution in [3.05, 3.63) is 29.8 Å². The summed E-state index contributed by atoms with van der Waals surface area (Å²) in [5.41, 5.74) is 1.30. The Morgan fingerprint density at radius 2 is 1.57 bits per heavy atom. The van der Waals surface area contributed by atoms with Gasteiger partial charge in [0.25, 0.3) is 0 Å². The number of benzene rings is 1. The summed E-state index contributed by atoms with van der Waals surface area (Å²) in [5, 5.41) is 0. The first-order chi connectivity index (χ1) is 10.5.